The Hall–Kier alpha value is -2.01. The lowest BCUT2D eigenvalue weighted by Gasteiger charge is -2.40. The molecule has 2 heterocycles. The number of fused-ring (bicyclic) bond motifs is 1. The normalized spacial score (nSPS) is 29.7. The maximum absolute atomic E-state index is 11.5. The summed E-state index contributed by atoms with van der Waals surface area (Å²) < 4.78 is 5.65. The summed E-state index contributed by atoms with van der Waals surface area (Å²) in [5, 5.41) is 52.9. The fraction of sp³-hybridized carbons (Fsp3) is 0.500. The van der Waals surface area contributed by atoms with E-state index < -0.39 is 49.1 Å². The van der Waals surface area contributed by atoms with Gasteiger partial charge in [0.1, 0.15) is 36.6 Å². The van der Waals surface area contributed by atoms with Gasteiger partial charge in [0.15, 0.2) is 0 Å². The first-order valence-corrected chi connectivity index (χ1v) is 8.69. The van der Waals surface area contributed by atoms with Crippen LogP contribution < -0.4 is 5.32 Å². The third-order valence-corrected chi connectivity index (χ3v) is 5.08. The van der Waals surface area contributed by atoms with Crippen LogP contribution in [0.2, 0.25) is 0 Å². The van der Waals surface area contributed by atoms with E-state index in [0.29, 0.717) is 11.3 Å². The first-order chi connectivity index (χ1) is 12.9. The number of H-pyrrole nitrogens is 1. The smallest absolute Gasteiger partial charge is 0.321 e. The van der Waals surface area contributed by atoms with Crippen molar-refractivity contribution < 1.29 is 35.1 Å². The average molecular weight is 380 g/mol. The number of carbonyl (C=O) groups is 1. The van der Waals surface area contributed by atoms with Crippen LogP contribution in [0.15, 0.2) is 24.3 Å². The fourth-order valence-electron chi connectivity index (χ4n) is 3.54. The van der Waals surface area contributed by atoms with Crippen molar-refractivity contribution in [3.8, 4) is 0 Å². The maximum atomic E-state index is 11.5. The van der Waals surface area contributed by atoms with Gasteiger partial charge in [0.25, 0.3) is 0 Å². The van der Waals surface area contributed by atoms with Gasteiger partial charge in [-0.15, -0.1) is 0 Å². The number of ether oxygens (including phenoxy) is 1. The Morgan fingerprint density at radius 1 is 1.22 bits per heavy atom. The monoisotopic (exact) mass is 380 g/mol. The lowest BCUT2D eigenvalue weighted by molar-refractivity contribution is -0.232. The van der Waals surface area contributed by atoms with Crippen molar-refractivity contribution in [2.45, 2.75) is 43.0 Å². The number of carboxylic acid groups (broad SMARTS) is 1. The quantitative estimate of drug-likeness (QED) is 0.333. The predicted octanol–water partition coefficient (Wildman–Crippen LogP) is -1.10. The van der Waals surface area contributed by atoms with Gasteiger partial charge in [-0.3, -0.25) is 4.79 Å². The molecule has 9 nitrogen and oxygen atoms in total. The Bertz CT molecular complexity index is 806. The van der Waals surface area contributed by atoms with E-state index in [1.165, 1.54) is 0 Å². The SMILES string of the molecule is CN[C@@H](Cc1c([C@H]2O[C@H](CO)[C@@H](O)[C@H](O)[C@@H]2O)[nH]c2ccccc12)C(=O)O. The number of para-hydroxylation sites is 1. The highest BCUT2D eigenvalue weighted by Crippen LogP contribution is 2.37. The molecule has 1 aromatic carbocycles. The summed E-state index contributed by atoms with van der Waals surface area (Å²) >= 11 is 0. The standard InChI is InChI=1S/C18H24N2O7/c1-19-11(18(25)26)6-9-8-4-2-3-5-10(8)20-13(9)17-16(24)15(23)14(22)12(7-21)27-17/h2-5,11-12,14-17,19-24H,6-7H2,1H3,(H,25,26)/t11-,12+,14+,15-,16-,17+/m0/s1. The lowest BCUT2D eigenvalue weighted by atomic mass is 9.90. The second-order valence-electron chi connectivity index (χ2n) is 6.70. The molecule has 1 fully saturated rings. The van der Waals surface area contributed by atoms with Gasteiger partial charge in [-0.1, -0.05) is 18.2 Å². The van der Waals surface area contributed by atoms with Crippen LogP contribution in [-0.2, 0) is 16.0 Å². The molecular formula is C18H24N2O7. The number of aliphatic carboxylic acids is 1. The molecule has 0 bridgehead atoms. The third-order valence-electron chi connectivity index (χ3n) is 5.08. The number of aromatic amines is 1. The lowest BCUT2D eigenvalue weighted by Crippen LogP contribution is -2.55. The molecular weight excluding hydrogens is 356 g/mol. The van der Waals surface area contributed by atoms with E-state index in [-0.39, 0.29) is 6.42 Å². The Kier molecular flexibility index (Phi) is 5.80. The van der Waals surface area contributed by atoms with Crippen molar-refractivity contribution in [2.75, 3.05) is 13.7 Å². The zero-order chi connectivity index (χ0) is 19.7. The number of aliphatic hydroxyl groups is 4. The second kappa shape index (κ2) is 7.93. The van der Waals surface area contributed by atoms with Crippen LogP contribution in [0.5, 0.6) is 0 Å². The number of carboxylic acids is 1. The van der Waals surface area contributed by atoms with E-state index in [0.717, 1.165) is 10.9 Å². The minimum Gasteiger partial charge on any atom is -0.480 e. The van der Waals surface area contributed by atoms with Crippen LogP contribution in [-0.4, -0.2) is 80.6 Å². The molecule has 9 heteroatoms. The summed E-state index contributed by atoms with van der Waals surface area (Å²) in [6, 6.07) is 6.39. The fourth-order valence-corrected chi connectivity index (χ4v) is 3.54. The highest BCUT2D eigenvalue weighted by Gasteiger charge is 2.45. The van der Waals surface area contributed by atoms with E-state index in [1.807, 2.05) is 24.3 Å². The maximum Gasteiger partial charge on any atom is 0.321 e. The van der Waals surface area contributed by atoms with Gasteiger partial charge in [0.2, 0.25) is 0 Å². The Morgan fingerprint density at radius 2 is 1.93 bits per heavy atom. The number of likely N-dealkylation sites (N-methyl/N-ethyl adjacent to an activating group) is 1. The van der Waals surface area contributed by atoms with Crippen LogP contribution in [0.1, 0.15) is 17.4 Å². The number of aliphatic hydroxyl groups excluding tert-OH is 4. The molecule has 0 spiro atoms. The number of hydrogen-bond donors (Lipinski definition) is 7. The van der Waals surface area contributed by atoms with Crippen molar-refractivity contribution >= 4 is 16.9 Å². The summed E-state index contributed by atoms with van der Waals surface area (Å²) in [5.41, 5.74) is 1.76. The van der Waals surface area contributed by atoms with Crippen molar-refractivity contribution in [1.82, 2.24) is 10.3 Å². The van der Waals surface area contributed by atoms with E-state index >= 15 is 0 Å². The molecule has 1 aromatic heterocycles. The van der Waals surface area contributed by atoms with Crippen molar-refractivity contribution in [3.63, 3.8) is 0 Å². The molecule has 3 rings (SSSR count). The summed E-state index contributed by atoms with van der Waals surface area (Å²) in [5.74, 6) is -1.03. The molecule has 1 aliphatic heterocycles. The van der Waals surface area contributed by atoms with Gasteiger partial charge in [-0.2, -0.15) is 0 Å². The summed E-state index contributed by atoms with van der Waals surface area (Å²) in [6.45, 7) is -0.536. The van der Waals surface area contributed by atoms with Gasteiger partial charge in [-0.05, 0) is 18.7 Å². The summed E-state index contributed by atoms with van der Waals surface area (Å²) in [4.78, 5) is 14.6. The summed E-state index contributed by atoms with van der Waals surface area (Å²) in [7, 11) is 1.54. The first-order valence-electron chi connectivity index (χ1n) is 8.69. The zero-order valence-electron chi connectivity index (χ0n) is 14.7. The van der Waals surface area contributed by atoms with Crippen LogP contribution in [0.3, 0.4) is 0 Å². The largest absolute Gasteiger partial charge is 0.480 e. The van der Waals surface area contributed by atoms with Gasteiger partial charge in [-0.25, -0.2) is 0 Å². The van der Waals surface area contributed by atoms with Crippen molar-refractivity contribution in [1.29, 1.82) is 0 Å². The number of aromatic nitrogens is 1. The molecule has 0 saturated carbocycles. The Labute approximate surface area is 155 Å². The molecule has 0 aliphatic carbocycles. The van der Waals surface area contributed by atoms with E-state index in [4.69, 9.17) is 4.74 Å². The molecule has 1 saturated heterocycles. The van der Waals surface area contributed by atoms with Gasteiger partial charge < -0.3 is 40.6 Å². The van der Waals surface area contributed by atoms with E-state index in [2.05, 4.69) is 10.3 Å². The van der Waals surface area contributed by atoms with Crippen LogP contribution in [0.25, 0.3) is 10.9 Å². The molecule has 6 atom stereocenters. The highest BCUT2D eigenvalue weighted by molar-refractivity contribution is 5.86. The number of hydrogen-bond acceptors (Lipinski definition) is 7. The number of nitrogens with one attached hydrogen (secondary N) is 2. The van der Waals surface area contributed by atoms with Gasteiger partial charge in [0.05, 0.1) is 12.3 Å². The molecule has 148 valence electrons. The van der Waals surface area contributed by atoms with Crippen LogP contribution >= 0.6 is 0 Å². The third kappa shape index (κ3) is 3.57. The summed E-state index contributed by atoms with van der Waals surface area (Å²) in [6.07, 6.45) is -6.42. The molecule has 0 amide bonds. The van der Waals surface area contributed by atoms with Crippen LogP contribution in [0, 0.1) is 0 Å². The van der Waals surface area contributed by atoms with Gasteiger partial charge >= 0.3 is 5.97 Å². The zero-order valence-corrected chi connectivity index (χ0v) is 14.7. The number of rotatable bonds is 6. The Morgan fingerprint density at radius 3 is 2.56 bits per heavy atom. The molecule has 27 heavy (non-hydrogen) atoms. The minimum atomic E-state index is -1.51. The van der Waals surface area contributed by atoms with E-state index in [1.54, 1.807) is 7.05 Å². The van der Waals surface area contributed by atoms with E-state index in [9.17, 15) is 30.3 Å². The molecule has 2 aromatic rings. The topological polar surface area (TPSA) is 155 Å². The molecule has 1 aliphatic rings. The average Bonchev–Trinajstić information content (AvgIpc) is 3.02. The van der Waals surface area contributed by atoms with Crippen molar-refractivity contribution in [2.24, 2.45) is 0 Å². The molecule has 0 unspecified atom stereocenters. The first kappa shape index (κ1) is 19.7. The minimum absolute atomic E-state index is 0.111. The predicted molar refractivity (Wildman–Crippen MR) is 95.2 cm³/mol. The van der Waals surface area contributed by atoms with Crippen molar-refractivity contribution in [3.05, 3.63) is 35.5 Å². The molecule has 7 N–H and O–H groups in total. The highest BCUT2D eigenvalue weighted by atomic mass is 16.5. The second-order valence-corrected chi connectivity index (χ2v) is 6.70. The van der Waals surface area contributed by atoms with Gasteiger partial charge in [0, 0.05) is 17.3 Å². The Balaban J connectivity index is 2.07. The van der Waals surface area contributed by atoms with Crippen LogP contribution in [0.4, 0.5) is 0 Å². The molecule has 0 radical (unpaired) electrons. The number of benzene rings is 1.